The van der Waals surface area contributed by atoms with Gasteiger partial charge in [-0.2, -0.15) is 5.10 Å². The normalized spacial score (nSPS) is 20.7. The number of nitrogens with zero attached hydrogens (tertiary/aromatic N) is 3. The molecule has 0 bridgehead atoms. The third-order valence-electron chi connectivity index (χ3n) is 3.65. The van der Waals surface area contributed by atoms with Crippen molar-refractivity contribution in [2.24, 2.45) is 7.05 Å². The monoisotopic (exact) mass is 262 g/mol. The maximum Gasteiger partial charge on any atom is 0.109 e. The lowest BCUT2D eigenvalue weighted by Gasteiger charge is -2.26. The van der Waals surface area contributed by atoms with Gasteiger partial charge in [-0.1, -0.05) is 0 Å². The summed E-state index contributed by atoms with van der Waals surface area (Å²) in [4.78, 5) is 4.38. The average Bonchev–Trinajstić information content (AvgIpc) is 3.00. The summed E-state index contributed by atoms with van der Waals surface area (Å²) in [5, 5.41) is 11.3. The Labute approximate surface area is 111 Å². The number of thiazole rings is 1. The van der Waals surface area contributed by atoms with Gasteiger partial charge in [-0.3, -0.25) is 4.68 Å². The Balaban J connectivity index is 1.78. The number of nitrogens with one attached hydrogen (secondary N) is 1. The second kappa shape index (κ2) is 4.82. The van der Waals surface area contributed by atoms with Gasteiger partial charge in [0, 0.05) is 35.9 Å². The molecule has 3 rings (SSSR count). The topological polar surface area (TPSA) is 42.7 Å². The first kappa shape index (κ1) is 11.9. The van der Waals surface area contributed by atoms with Crippen molar-refractivity contribution in [1.82, 2.24) is 20.1 Å². The molecule has 2 aromatic heterocycles. The second-order valence-corrected chi connectivity index (χ2v) is 5.80. The van der Waals surface area contributed by atoms with Crippen LogP contribution in [0.15, 0.2) is 17.8 Å². The van der Waals surface area contributed by atoms with Crippen LogP contribution in [0, 0.1) is 0 Å². The van der Waals surface area contributed by atoms with Gasteiger partial charge in [-0.05, 0) is 26.2 Å². The van der Waals surface area contributed by atoms with E-state index in [1.807, 2.05) is 29.5 Å². The summed E-state index contributed by atoms with van der Waals surface area (Å²) in [6.07, 6.45) is 7.45. The van der Waals surface area contributed by atoms with Gasteiger partial charge in [0.2, 0.25) is 0 Å². The number of aryl methyl sites for hydroxylation is 1. The number of rotatable bonds is 3. The first-order valence-corrected chi connectivity index (χ1v) is 7.30. The van der Waals surface area contributed by atoms with Crippen molar-refractivity contribution in [3.05, 3.63) is 34.0 Å². The van der Waals surface area contributed by atoms with Crippen LogP contribution in [0.25, 0.3) is 0 Å². The molecule has 5 heteroatoms. The SMILES string of the molecule is CC(NC1CCCc2c1cnn2C)c1nccs1. The van der Waals surface area contributed by atoms with Gasteiger partial charge in [0.25, 0.3) is 0 Å². The lowest BCUT2D eigenvalue weighted by molar-refractivity contribution is 0.410. The smallest absolute Gasteiger partial charge is 0.109 e. The molecule has 0 radical (unpaired) electrons. The Morgan fingerprint density at radius 2 is 2.44 bits per heavy atom. The standard InChI is InChI=1S/C13H18N4S/c1-9(13-14-6-7-18-13)16-11-4-3-5-12-10(11)8-15-17(12)2/h6-9,11,16H,3-5H2,1-2H3. The fourth-order valence-electron chi connectivity index (χ4n) is 2.70. The Hall–Kier alpha value is -1.20. The first-order valence-electron chi connectivity index (χ1n) is 6.42. The van der Waals surface area contributed by atoms with Crippen molar-refractivity contribution in [1.29, 1.82) is 0 Å². The number of aromatic nitrogens is 3. The average molecular weight is 262 g/mol. The molecule has 18 heavy (non-hydrogen) atoms. The minimum atomic E-state index is 0.307. The summed E-state index contributed by atoms with van der Waals surface area (Å²) in [6, 6.07) is 0.725. The molecule has 0 saturated heterocycles. The number of hydrogen-bond donors (Lipinski definition) is 1. The molecule has 0 amide bonds. The van der Waals surface area contributed by atoms with Crippen molar-refractivity contribution in [2.75, 3.05) is 0 Å². The van der Waals surface area contributed by atoms with Gasteiger partial charge in [0.1, 0.15) is 5.01 Å². The van der Waals surface area contributed by atoms with Gasteiger partial charge in [-0.25, -0.2) is 4.98 Å². The Bertz CT molecular complexity index is 517. The van der Waals surface area contributed by atoms with Crippen LogP contribution in [0.5, 0.6) is 0 Å². The lowest BCUT2D eigenvalue weighted by atomic mass is 9.92. The second-order valence-electron chi connectivity index (χ2n) is 4.87. The molecule has 1 aliphatic rings. The molecule has 0 aliphatic heterocycles. The third kappa shape index (κ3) is 2.08. The summed E-state index contributed by atoms with van der Waals surface area (Å²) in [7, 11) is 2.03. The molecule has 2 aromatic rings. The van der Waals surface area contributed by atoms with Gasteiger partial charge in [-0.15, -0.1) is 11.3 Å². The largest absolute Gasteiger partial charge is 0.301 e. The number of hydrogen-bond acceptors (Lipinski definition) is 4. The Morgan fingerprint density at radius 1 is 1.56 bits per heavy atom. The van der Waals surface area contributed by atoms with E-state index in [4.69, 9.17) is 0 Å². The molecule has 1 N–H and O–H groups in total. The molecule has 2 heterocycles. The molecule has 0 spiro atoms. The van der Waals surface area contributed by atoms with Crippen LogP contribution >= 0.6 is 11.3 Å². The Kier molecular flexibility index (Phi) is 3.18. The molecule has 0 saturated carbocycles. The van der Waals surface area contributed by atoms with Crippen LogP contribution in [0.3, 0.4) is 0 Å². The quantitative estimate of drug-likeness (QED) is 0.924. The highest BCUT2D eigenvalue weighted by Gasteiger charge is 2.25. The van der Waals surface area contributed by atoms with Crippen molar-refractivity contribution in [3.8, 4) is 0 Å². The minimum absolute atomic E-state index is 0.307. The summed E-state index contributed by atoms with van der Waals surface area (Å²) >= 11 is 1.71. The molecular formula is C13H18N4S. The zero-order valence-corrected chi connectivity index (χ0v) is 11.6. The highest BCUT2D eigenvalue weighted by atomic mass is 32.1. The zero-order valence-electron chi connectivity index (χ0n) is 10.8. The van der Waals surface area contributed by atoms with Gasteiger partial charge >= 0.3 is 0 Å². The van der Waals surface area contributed by atoms with Crippen LogP contribution in [0.2, 0.25) is 0 Å². The van der Waals surface area contributed by atoms with E-state index in [1.165, 1.54) is 24.1 Å². The molecule has 2 atom stereocenters. The zero-order chi connectivity index (χ0) is 12.5. The van der Waals surface area contributed by atoms with E-state index in [2.05, 4.69) is 22.3 Å². The molecule has 0 fully saturated rings. The minimum Gasteiger partial charge on any atom is -0.301 e. The first-order chi connectivity index (χ1) is 8.75. The molecule has 1 aliphatic carbocycles. The van der Waals surface area contributed by atoms with Gasteiger partial charge < -0.3 is 5.32 Å². The van der Waals surface area contributed by atoms with Gasteiger partial charge in [0.05, 0.1) is 12.2 Å². The fourth-order valence-corrected chi connectivity index (χ4v) is 3.36. The summed E-state index contributed by atoms with van der Waals surface area (Å²) in [5.41, 5.74) is 2.75. The van der Waals surface area contributed by atoms with Gasteiger partial charge in [0.15, 0.2) is 0 Å². The third-order valence-corrected chi connectivity index (χ3v) is 4.61. The van der Waals surface area contributed by atoms with E-state index in [-0.39, 0.29) is 0 Å². The summed E-state index contributed by atoms with van der Waals surface area (Å²) in [5.74, 6) is 0. The van der Waals surface area contributed by atoms with Crippen molar-refractivity contribution < 1.29 is 0 Å². The van der Waals surface area contributed by atoms with Crippen LogP contribution in [0.1, 0.15) is 48.1 Å². The molecule has 4 nitrogen and oxygen atoms in total. The van der Waals surface area contributed by atoms with Crippen molar-refractivity contribution in [3.63, 3.8) is 0 Å². The van der Waals surface area contributed by atoms with E-state index >= 15 is 0 Å². The predicted molar refractivity (Wildman–Crippen MR) is 72.6 cm³/mol. The molecular weight excluding hydrogens is 244 g/mol. The maximum atomic E-state index is 4.38. The number of fused-ring (bicyclic) bond motifs is 1. The van der Waals surface area contributed by atoms with Crippen molar-refractivity contribution >= 4 is 11.3 Å². The summed E-state index contributed by atoms with van der Waals surface area (Å²) < 4.78 is 2.01. The highest BCUT2D eigenvalue weighted by Crippen LogP contribution is 2.31. The molecule has 0 aromatic carbocycles. The highest BCUT2D eigenvalue weighted by molar-refractivity contribution is 7.09. The van der Waals surface area contributed by atoms with Crippen LogP contribution in [-0.4, -0.2) is 14.8 Å². The van der Waals surface area contributed by atoms with Crippen LogP contribution in [0.4, 0.5) is 0 Å². The van der Waals surface area contributed by atoms with E-state index in [1.54, 1.807) is 11.3 Å². The fraction of sp³-hybridized carbons (Fsp3) is 0.538. The summed E-state index contributed by atoms with van der Waals surface area (Å²) in [6.45, 7) is 2.18. The van der Waals surface area contributed by atoms with E-state index in [0.29, 0.717) is 12.1 Å². The van der Waals surface area contributed by atoms with E-state index in [9.17, 15) is 0 Å². The molecule has 2 unspecified atom stereocenters. The van der Waals surface area contributed by atoms with Crippen molar-refractivity contribution in [2.45, 2.75) is 38.3 Å². The van der Waals surface area contributed by atoms with E-state index in [0.717, 1.165) is 11.4 Å². The Morgan fingerprint density at radius 3 is 3.22 bits per heavy atom. The molecule has 96 valence electrons. The maximum absolute atomic E-state index is 4.38. The van der Waals surface area contributed by atoms with E-state index < -0.39 is 0 Å². The van der Waals surface area contributed by atoms with Crippen LogP contribution in [-0.2, 0) is 13.5 Å². The predicted octanol–water partition coefficient (Wildman–Crippen LogP) is 2.60. The van der Waals surface area contributed by atoms with Crippen LogP contribution < -0.4 is 5.32 Å². The lowest BCUT2D eigenvalue weighted by Crippen LogP contribution is -2.27.